The Bertz CT molecular complexity index is 463. The second-order valence-electron chi connectivity index (χ2n) is 4.19. The van der Waals surface area contributed by atoms with E-state index >= 15 is 0 Å². The van der Waals surface area contributed by atoms with Crippen molar-refractivity contribution in [1.29, 1.82) is 0 Å². The van der Waals surface area contributed by atoms with E-state index in [-0.39, 0.29) is 6.42 Å². The first kappa shape index (κ1) is 15.1. The number of carbonyl (C=O) groups excluding carboxylic acids is 1. The minimum atomic E-state index is -2.78. The van der Waals surface area contributed by atoms with Crippen molar-refractivity contribution in [2.75, 3.05) is 0 Å². The summed E-state index contributed by atoms with van der Waals surface area (Å²) in [7, 11) is 0. The first-order valence-electron chi connectivity index (χ1n) is 5.75. The molecule has 1 unspecified atom stereocenters. The molecule has 1 aromatic carbocycles. The van der Waals surface area contributed by atoms with Gasteiger partial charge in [0.15, 0.2) is 0 Å². The third kappa shape index (κ3) is 5.03. The van der Waals surface area contributed by atoms with Gasteiger partial charge in [-0.15, -0.1) is 0 Å². The Morgan fingerprint density at radius 3 is 2.47 bits per heavy atom. The molecule has 1 atom stereocenters. The van der Waals surface area contributed by atoms with Crippen molar-refractivity contribution in [2.45, 2.75) is 32.2 Å². The van der Waals surface area contributed by atoms with Gasteiger partial charge in [0, 0.05) is 6.42 Å². The first-order chi connectivity index (χ1) is 8.90. The predicted octanol–water partition coefficient (Wildman–Crippen LogP) is 1.76. The fraction of sp³-hybridized carbons (Fsp3) is 0.385. The second-order valence-corrected chi connectivity index (χ2v) is 4.19. The summed E-state index contributed by atoms with van der Waals surface area (Å²) in [5, 5.41) is 10.8. The molecule has 0 saturated carbocycles. The third-order valence-electron chi connectivity index (χ3n) is 2.66. The summed E-state index contributed by atoms with van der Waals surface area (Å²) in [5.74, 6) is -2.04. The molecule has 2 N–H and O–H groups in total. The number of hydrogen-bond acceptors (Lipinski definition) is 2. The van der Waals surface area contributed by atoms with E-state index in [1.807, 2.05) is 19.1 Å². The molecule has 0 spiro atoms. The lowest BCUT2D eigenvalue weighted by Crippen LogP contribution is -2.42. The highest BCUT2D eigenvalue weighted by Crippen LogP contribution is 2.09. The van der Waals surface area contributed by atoms with Gasteiger partial charge >= 0.3 is 5.97 Å². The zero-order valence-electron chi connectivity index (χ0n) is 10.4. The lowest BCUT2D eigenvalue weighted by atomic mass is 10.1. The van der Waals surface area contributed by atoms with E-state index in [1.165, 1.54) is 0 Å². The second kappa shape index (κ2) is 6.82. The summed E-state index contributed by atoms with van der Waals surface area (Å²) in [6.45, 7) is 1.82. The molecule has 0 fully saturated rings. The van der Waals surface area contributed by atoms with Crippen LogP contribution in [-0.4, -0.2) is 29.5 Å². The van der Waals surface area contributed by atoms with Crippen molar-refractivity contribution < 1.29 is 23.5 Å². The maximum atomic E-state index is 12.2. The molecule has 1 aromatic rings. The molecule has 1 amide bonds. The molecule has 0 aliphatic carbocycles. The van der Waals surface area contributed by atoms with E-state index < -0.39 is 30.8 Å². The molecule has 1 rings (SSSR count). The normalized spacial score (nSPS) is 12.2. The van der Waals surface area contributed by atoms with Crippen LogP contribution in [0.4, 0.5) is 8.78 Å². The Morgan fingerprint density at radius 2 is 1.95 bits per heavy atom. The number of nitrogens with one attached hydrogen (secondary N) is 1. The number of amides is 1. The number of aliphatic carboxylic acids is 1. The van der Waals surface area contributed by atoms with Gasteiger partial charge < -0.3 is 10.4 Å². The molecular formula is C13H15F2NO3. The van der Waals surface area contributed by atoms with Crippen molar-refractivity contribution >= 4 is 11.9 Å². The minimum Gasteiger partial charge on any atom is -0.480 e. The van der Waals surface area contributed by atoms with Crippen LogP contribution in [0.15, 0.2) is 24.3 Å². The number of carboxylic acid groups (broad SMARTS) is 1. The van der Waals surface area contributed by atoms with Crippen LogP contribution in [0.1, 0.15) is 17.5 Å². The lowest BCUT2D eigenvalue weighted by Gasteiger charge is -2.14. The number of carboxylic acids is 1. The van der Waals surface area contributed by atoms with Gasteiger partial charge in [-0.05, 0) is 18.1 Å². The Balaban J connectivity index is 2.63. The zero-order valence-corrected chi connectivity index (χ0v) is 10.4. The fourth-order valence-electron chi connectivity index (χ4n) is 1.63. The maximum absolute atomic E-state index is 12.2. The van der Waals surface area contributed by atoms with Gasteiger partial charge in [0.05, 0.1) is 6.42 Å². The average molecular weight is 271 g/mol. The van der Waals surface area contributed by atoms with E-state index in [9.17, 15) is 18.4 Å². The smallest absolute Gasteiger partial charge is 0.326 e. The minimum absolute atomic E-state index is 0.0281. The number of carbonyl (C=O) groups is 2. The molecule has 4 nitrogen and oxygen atoms in total. The summed E-state index contributed by atoms with van der Waals surface area (Å²) < 4.78 is 24.3. The van der Waals surface area contributed by atoms with E-state index in [0.29, 0.717) is 0 Å². The van der Waals surface area contributed by atoms with Gasteiger partial charge in [0.1, 0.15) is 6.04 Å². The molecule has 104 valence electrons. The lowest BCUT2D eigenvalue weighted by molar-refractivity contribution is -0.142. The summed E-state index contributed by atoms with van der Waals surface area (Å²) in [6, 6.07) is 5.56. The maximum Gasteiger partial charge on any atom is 0.326 e. The van der Waals surface area contributed by atoms with Crippen LogP contribution in [0.3, 0.4) is 0 Å². The molecule has 0 heterocycles. The quantitative estimate of drug-likeness (QED) is 0.828. The number of rotatable bonds is 6. The summed E-state index contributed by atoms with van der Waals surface area (Å²) >= 11 is 0. The molecule has 0 radical (unpaired) electrons. The highest BCUT2D eigenvalue weighted by atomic mass is 19.3. The Kier molecular flexibility index (Phi) is 5.41. The molecule has 0 aromatic heterocycles. The van der Waals surface area contributed by atoms with Gasteiger partial charge in [-0.25, -0.2) is 13.6 Å². The van der Waals surface area contributed by atoms with Crippen LogP contribution in [0.2, 0.25) is 0 Å². The Morgan fingerprint density at radius 1 is 1.32 bits per heavy atom. The summed E-state index contributed by atoms with van der Waals surface area (Å²) in [5.41, 5.74) is 1.62. The summed E-state index contributed by atoms with van der Waals surface area (Å²) in [6.07, 6.45) is -3.70. The molecule has 0 aliphatic rings. The zero-order chi connectivity index (χ0) is 14.4. The number of alkyl halides is 2. The van der Waals surface area contributed by atoms with Gasteiger partial charge in [-0.1, -0.05) is 24.3 Å². The largest absolute Gasteiger partial charge is 0.480 e. The molecular weight excluding hydrogens is 256 g/mol. The topological polar surface area (TPSA) is 66.4 Å². The molecule has 0 saturated heterocycles. The fourth-order valence-corrected chi connectivity index (χ4v) is 1.63. The summed E-state index contributed by atoms with van der Waals surface area (Å²) in [4.78, 5) is 22.4. The SMILES string of the molecule is Cc1ccccc1CC(=O)NC(CC(F)F)C(=O)O. The van der Waals surface area contributed by atoms with Crippen LogP contribution in [0, 0.1) is 6.92 Å². The third-order valence-corrected chi connectivity index (χ3v) is 2.66. The number of benzene rings is 1. The van der Waals surface area contributed by atoms with E-state index in [4.69, 9.17) is 5.11 Å². The Labute approximate surface area is 109 Å². The van der Waals surface area contributed by atoms with Crippen molar-refractivity contribution in [3.05, 3.63) is 35.4 Å². The highest BCUT2D eigenvalue weighted by Gasteiger charge is 2.24. The van der Waals surface area contributed by atoms with Crippen LogP contribution < -0.4 is 5.32 Å². The van der Waals surface area contributed by atoms with E-state index in [1.54, 1.807) is 12.1 Å². The average Bonchev–Trinajstić information content (AvgIpc) is 2.30. The van der Waals surface area contributed by atoms with Crippen LogP contribution in [0.5, 0.6) is 0 Å². The highest BCUT2D eigenvalue weighted by molar-refractivity contribution is 5.85. The number of hydrogen-bond donors (Lipinski definition) is 2. The molecule has 0 bridgehead atoms. The van der Waals surface area contributed by atoms with Crippen molar-refractivity contribution in [1.82, 2.24) is 5.32 Å². The van der Waals surface area contributed by atoms with Crippen molar-refractivity contribution in [3.63, 3.8) is 0 Å². The predicted molar refractivity (Wildman–Crippen MR) is 65.1 cm³/mol. The number of aryl methyl sites for hydroxylation is 1. The van der Waals surface area contributed by atoms with Gasteiger partial charge in [-0.3, -0.25) is 4.79 Å². The van der Waals surface area contributed by atoms with E-state index in [2.05, 4.69) is 5.32 Å². The number of halogens is 2. The van der Waals surface area contributed by atoms with Crippen molar-refractivity contribution in [2.24, 2.45) is 0 Å². The standard InChI is InChI=1S/C13H15F2NO3/c1-8-4-2-3-5-9(8)6-12(17)16-10(13(18)19)7-11(14)15/h2-5,10-11H,6-7H2,1H3,(H,16,17)(H,18,19). The van der Waals surface area contributed by atoms with Gasteiger partial charge in [0.2, 0.25) is 12.3 Å². The Hall–Kier alpha value is -1.98. The van der Waals surface area contributed by atoms with Crippen LogP contribution in [-0.2, 0) is 16.0 Å². The van der Waals surface area contributed by atoms with Gasteiger partial charge in [-0.2, -0.15) is 0 Å². The molecule has 6 heteroatoms. The first-order valence-corrected chi connectivity index (χ1v) is 5.75. The van der Waals surface area contributed by atoms with Gasteiger partial charge in [0.25, 0.3) is 0 Å². The van der Waals surface area contributed by atoms with Crippen LogP contribution in [0.25, 0.3) is 0 Å². The van der Waals surface area contributed by atoms with Crippen LogP contribution >= 0.6 is 0 Å². The van der Waals surface area contributed by atoms with E-state index in [0.717, 1.165) is 11.1 Å². The molecule has 19 heavy (non-hydrogen) atoms. The molecule has 0 aliphatic heterocycles. The monoisotopic (exact) mass is 271 g/mol. The van der Waals surface area contributed by atoms with Crippen molar-refractivity contribution in [3.8, 4) is 0 Å².